The van der Waals surface area contributed by atoms with Crippen LogP contribution in [0.5, 0.6) is 0 Å². The maximum absolute atomic E-state index is 2.42. The van der Waals surface area contributed by atoms with Gasteiger partial charge in [-0.1, -0.05) is 27.2 Å². The lowest BCUT2D eigenvalue weighted by atomic mass is 10.0. The second-order valence-electron chi connectivity index (χ2n) is 5.29. The Balaban J connectivity index is 1.70. The van der Waals surface area contributed by atoms with E-state index in [1.165, 1.54) is 12.8 Å². The molecule has 0 amide bonds. The molecule has 64 valence electrons. The molecule has 0 aliphatic heterocycles. The van der Waals surface area contributed by atoms with Crippen molar-refractivity contribution in [3.63, 3.8) is 0 Å². The van der Waals surface area contributed by atoms with Gasteiger partial charge >= 0.3 is 0 Å². The Morgan fingerprint density at radius 3 is 2.27 bits per heavy atom. The average Bonchev–Trinajstić information content (AvgIpc) is 2.76. The number of hydrogen-bond acceptors (Lipinski definition) is 0. The van der Waals surface area contributed by atoms with Crippen molar-refractivity contribution in [2.75, 3.05) is 0 Å². The maximum Gasteiger partial charge on any atom is -0.0323 e. The van der Waals surface area contributed by atoms with Crippen LogP contribution < -0.4 is 0 Å². The zero-order chi connectivity index (χ0) is 8.06. The highest BCUT2D eigenvalue weighted by Gasteiger charge is 2.49. The fourth-order valence-corrected chi connectivity index (χ4v) is 2.44. The smallest absolute Gasteiger partial charge is 0.0323 e. The van der Waals surface area contributed by atoms with Gasteiger partial charge in [-0.3, -0.25) is 0 Å². The van der Waals surface area contributed by atoms with E-state index in [0.717, 1.165) is 23.2 Å². The van der Waals surface area contributed by atoms with Gasteiger partial charge in [-0.05, 0) is 42.4 Å². The monoisotopic (exact) mass is 152 g/mol. The summed E-state index contributed by atoms with van der Waals surface area (Å²) < 4.78 is 0. The van der Waals surface area contributed by atoms with Gasteiger partial charge in [0.2, 0.25) is 0 Å². The zero-order valence-corrected chi connectivity index (χ0v) is 8.06. The summed E-state index contributed by atoms with van der Waals surface area (Å²) in [6, 6.07) is 0. The van der Waals surface area contributed by atoms with Crippen molar-refractivity contribution in [3.05, 3.63) is 0 Å². The van der Waals surface area contributed by atoms with E-state index in [-0.39, 0.29) is 0 Å². The van der Waals surface area contributed by atoms with Gasteiger partial charge in [-0.2, -0.15) is 0 Å². The molecule has 2 rings (SSSR count). The van der Waals surface area contributed by atoms with Gasteiger partial charge < -0.3 is 0 Å². The molecule has 0 radical (unpaired) electrons. The van der Waals surface area contributed by atoms with Gasteiger partial charge in [-0.15, -0.1) is 0 Å². The summed E-state index contributed by atoms with van der Waals surface area (Å²) in [6.45, 7) is 7.17. The fraction of sp³-hybridized carbons (Fsp3) is 1.00. The lowest BCUT2D eigenvalue weighted by molar-refractivity contribution is 0.490. The first kappa shape index (κ1) is 7.64. The Kier molecular flexibility index (Phi) is 1.56. The van der Waals surface area contributed by atoms with Gasteiger partial charge in [0.25, 0.3) is 0 Å². The standard InChI is InChI=1S/C11H20/c1-4-8-5-9(8)6-10-7-11(10,2)3/h8-10H,4-7H2,1-3H3. The molecule has 2 aliphatic rings. The van der Waals surface area contributed by atoms with E-state index in [9.17, 15) is 0 Å². The Morgan fingerprint density at radius 1 is 1.27 bits per heavy atom. The average molecular weight is 152 g/mol. The molecule has 2 fully saturated rings. The van der Waals surface area contributed by atoms with Gasteiger partial charge in [-0.25, -0.2) is 0 Å². The molecule has 0 spiro atoms. The summed E-state index contributed by atoms with van der Waals surface area (Å²) in [7, 11) is 0. The predicted molar refractivity (Wildman–Crippen MR) is 48.4 cm³/mol. The molecule has 0 aromatic rings. The fourth-order valence-electron chi connectivity index (χ4n) is 2.44. The molecule has 11 heavy (non-hydrogen) atoms. The molecule has 0 aromatic carbocycles. The van der Waals surface area contributed by atoms with Crippen LogP contribution in [0.2, 0.25) is 0 Å². The highest BCUT2D eigenvalue weighted by atomic mass is 14.5. The predicted octanol–water partition coefficient (Wildman–Crippen LogP) is 3.47. The molecule has 3 atom stereocenters. The van der Waals surface area contributed by atoms with Crippen molar-refractivity contribution in [1.82, 2.24) is 0 Å². The Labute approximate surface area is 70.4 Å². The van der Waals surface area contributed by atoms with E-state index < -0.39 is 0 Å². The van der Waals surface area contributed by atoms with Crippen molar-refractivity contribution in [3.8, 4) is 0 Å². The Hall–Kier alpha value is 0. The molecular formula is C11H20. The van der Waals surface area contributed by atoms with E-state index >= 15 is 0 Å². The molecule has 2 aliphatic carbocycles. The summed E-state index contributed by atoms with van der Waals surface area (Å²) in [5.74, 6) is 3.34. The Morgan fingerprint density at radius 2 is 1.91 bits per heavy atom. The van der Waals surface area contributed by atoms with Gasteiger partial charge in [0, 0.05) is 0 Å². The van der Waals surface area contributed by atoms with Gasteiger partial charge in [0.1, 0.15) is 0 Å². The number of hydrogen-bond donors (Lipinski definition) is 0. The minimum absolute atomic E-state index is 0.723. The van der Waals surface area contributed by atoms with E-state index in [1.807, 2.05) is 0 Å². The SMILES string of the molecule is CCC1CC1CC1CC1(C)C. The van der Waals surface area contributed by atoms with Crippen LogP contribution in [0.3, 0.4) is 0 Å². The van der Waals surface area contributed by atoms with Crippen LogP contribution in [-0.4, -0.2) is 0 Å². The highest BCUT2D eigenvalue weighted by molar-refractivity contribution is 4.99. The van der Waals surface area contributed by atoms with Crippen molar-refractivity contribution >= 4 is 0 Å². The zero-order valence-electron chi connectivity index (χ0n) is 8.06. The summed E-state index contributed by atoms with van der Waals surface area (Å²) in [6.07, 6.45) is 6.02. The maximum atomic E-state index is 2.42. The van der Waals surface area contributed by atoms with Crippen molar-refractivity contribution < 1.29 is 0 Å². The quantitative estimate of drug-likeness (QED) is 0.581. The third-order valence-electron chi connectivity index (χ3n) is 3.90. The molecule has 0 nitrogen and oxygen atoms in total. The molecule has 0 aromatic heterocycles. The summed E-state index contributed by atoms with van der Waals surface area (Å²) >= 11 is 0. The lowest BCUT2D eigenvalue weighted by Gasteiger charge is -2.01. The summed E-state index contributed by atoms with van der Waals surface area (Å²) in [5, 5.41) is 0. The summed E-state index contributed by atoms with van der Waals surface area (Å²) in [5.41, 5.74) is 0.723. The van der Waals surface area contributed by atoms with Crippen LogP contribution in [-0.2, 0) is 0 Å². The second-order valence-corrected chi connectivity index (χ2v) is 5.29. The van der Waals surface area contributed by atoms with Crippen LogP contribution in [0.1, 0.15) is 46.5 Å². The Bertz CT molecular complexity index is 157. The van der Waals surface area contributed by atoms with Gasteiger partial charge in [0.05, 0.1) is 0 Å². The van der Waals surface area contributed by atoms with Crippen molar-refractivity contribution in [1.29, 1.82) is 0 Å². The topological polar surface area (TPSA) is 0 Å². The van der Waals surface area contributed by atoms with E-state index in [2.05, 4.69) is 20.8 Å². The van der Waals surface area contributed by atoms with E-state index in [0.29, 0.717) is 0 Å². The molecule has 0 bridgehead atoms. The van der Waals surface area contributed by atoms with Crippen molar-refractivity contribution in [2.24, 2.45) is 23.2 Å². The second kappa shape index (κ2) is 2.24. The first-order valence-electron chi connectivity index (χ1n) is 5.13. The molecule has 0 heterocycles. The lowest BCUT2D eigenvalue weighted by Crippen LogP contribution is -1.92. The van der Waals surface area contributed by atoms with Crippen LogP contribution in [0, 0.1) is 23.2 Å². The molecule has 2 saturated carbocycles. The van der Waals surface area contributed by atoms with Crippen LogP contribution >= 0.6 is 0 Å². The third kappa shape index (κ3) is 1.45. The van der Waals surface area contributed by atoms with Gasteiger partial charge in [0.15, 0.2) is 0 Å². The molecule has 0 N–H and O–H groups in total. The van der Waals surface area contributed by atoms with Crippen LogP contribution in [0.15, 0.2) is 0 Å². The van der Waals surface area contributed by atoms with Crippen LogP contribution in [0.25, 0.3) is 0 Å². The first-order chi connectivity index (χ1) is 5.13. The molecule has 0 heteroatoms. The first-order valence-corrected chi connectivity index (χ1v) is 5.13. The number of rotatable bonds is 3. The van der Waals surface area contributed by atoms with Crippen LogP contribution in [0.4, 0.5) is 0 Å². The third-order valence-corrected chi connectivity index (χ3v) is 3.90. The molecule has 3 unspecified atom stereocenters. The minimum Gasteiger partial charge on any atom is -0.0651 e. The largest absolute Gasteiger partial charge is 0.0651 e. The minimum atomic E-state index is 0.723. The van der Waals surface area contributed by atoms with Crippen molar-refractivity contribution in [2.45, 2.75) is 46.5 Å². The molecular weight excluding hydrogens is 132 g/mol. The highest BCUT2D eigenvalue weighted by Crippen LogP contribution is 2.59. The normalized spacial score (nSPS) is 45.5. The van der Waals surface area contributed by atoms with E-state index in [1.54, 1.807) is 12.8 Å². The molecule has 0 saturated heterocycles. The van der Waals surface area contributed by atoms with E-state index in [4.69, 9.17) is 0 Å². The summed E-state index contributed by atoms with van der Waals surface area (Å²) in [4.78, 5) is 0.